The number of hydrogen-bond acceptors (Lipinski definition) is 5. The molecule has 102 valence electrons. The van der Waals surface area contributed by atoms with Crippen LogP contribution in [-0.4, -0.2) is 48.4 Å². The van der Waals surface area contributed by atoms with Gasteiger partial charge >= 0.3 is 5.97 Å². The van der Waals surface area contributed by atoms with Gasteiger partial charge in [0.05, 0.1) is 6.54 Å². The average Bonchev–Trinajstić information content (AvgIpc) is 2.74. The second-order valence-electron chi connectivity index (χ2n) is 4.38. The molecule has 1 saturated heterocycles. The Labute approximate surface area is 105 Å². The summed E-state index contributed by atoms with van der Waals surface area (Å²) in [6.45, 7) is 1.09. The van der Waals surface area contributed by atoms with Crippen LogP contribution in [0.4, 0.5) is 0 Å². The van der Waals surface area contributed by atoms with E-state index in [0.717, 1.165) is 0 Å². The van der Waals surface area contributed by atoms with E-state index in [2.05, 4.69) is 10.6 Å². The van der Waals surface area contributed by atoms with Gasteiger partial charge in [-0.3, -0.25) is 14.4 Å². The molecule has 0 bridgehead atoms. The third-order valence-electron chi connectivity index (χ3n) is 2.91. The van der Waals surface area contributed by atoms with Crippen molar-refractivity contribution >= 4 is 17.7 Å². The van der Waals surface area contributed by atoms with E-state index in [-0.39, 0.29) is 18.2 Å². The van der Waals surface area contributed by atoms with Gasteiger partial charge in [-0.15, -0.1) is 0 Å². The fraction of sp³-hybridized carbons (Fsp3) is 0.727. The first kappa shape index (κ1) is 14.6. The molecule has 0 aromatic heterocycles. The molecule has 5 N–H and O–H groups in total. The van der Waals surface area contributed by atoms with Crippen molar-refractivity contribution in [3.63, 3.8) is 0 Å². The molecular formula is C11H19N3O4. The molecule has 0 aromatic carbocycles. The minimum absolute atomic E-state index is 0.0830. The first-order valence-corrected chi connectivity index (χ1v) is 6.02. The van der Waals surface area contributed by atoms with E-state index >= 15 is 0 Å². The summed E-state index contributed by atoms with van der Waals surface area (Å²) in [5, 5.41) is 14.1. The fourth-order valence-electron chi connectivity index (χ4n) is 1.76. The summed E-state index contributed by atoms with van der Waals surface area (Å²) in [5.74, 6) is -1.93. The molecule has 7 nitrogen and oxygen atoms in total. The predicted octanol–water partition coefficient (Wildman–Crippen LogP) is -1.53. The van der Waals surface area contributed by atoms with Gasteiger partial charge in [-0.25, -0.2) is 0 Å². The minimum atomic E-state index is -1.01. The topological polar surface area (TPSA) is 122 Å². The van der Waals surface area contributed by atoms with E-state index in [1.807, 2.05) is 0 Å². The quantitative estimate of drug-likeness (QED) is 0.324. The second-order valence-corrected chi connectivity index (χ2v) is 4.38. The second kappa shape index (κ2) is 7.07. The fourth-order valence-corrected chi connectivity index (χ4v) is 1.76. The zero-order valence-corrected chi connectivity index (χ0v) is 10.1. The highest BCUT2D eigenvalue weighted by molar-refractivity contribution is 6.03. The molecule has 0 aromatic rings. The number of amides is 1. The zero-order valence-electron chi connectivity index (χ0n) is 10.1. The molecular weight excluding hydrogens is 238 g/mol. The molecule has 0 radical (unpaired) electrons. The van der Waals surface area contributed by atoms with E-state index < -0.39 is 17.9 Å². The molecule has 0 spiro atoms. The lowest BCUT2D eigenvalue weighted by molar-refractivity contribution is -0.138. The van der Waals surface area contributed by atoms with Crippen LogP contribution in [0.2, 0.25) is 0 Å². The monoisotopic (exact) mass is 257 g/mol. The van der Waals surface area contributed by atoms with Gasteiger partial charge in [0.15, 0.2) is 5.78 Å². The van der Waals surface area contributed by atoms with Gasteiger partial charge in [-0.2, -0.15) is 0 Å². The number of Topliss-reactive ketones (excluding diaryl/α,β-unsaturated/α-hetero) is 1. The van der Waals surface area contributed by atoms with Crippen molar-refractivity contribution < 1.29 is 19.5 Å². The maximum absolute atomic E-state index is 11.6. The standard InChI is InChI=1S/C11H19N3O4/c12-8(11(17)18)3-1-2-4-14-10(16)7-5-13-6-9(7)15/h7-8,13H,1-6,12H2,(H,14,16)(H,17,18)/t7-,8+/m1/s1. The Morgan fingerprint density at radius 3 is 2.78 bits per heavy atom. The summed E-state index contributed by atoms with van der Waals surface area (Å²) in [7, 11) is 0. The molecule has 0 unspecified atom stereocenters. The van der Waals surface area contributed by atoms with E-state index in [1.54, 1.807) is 0 Å². The molecule has 7 heteroatoms. The molecule has 0 aliphatic carbocycles. The van der Waals surface area contributed by atoms with Crippen molar-refractivity contribution in [1.29, 1.82) is 0 Å². The highest BCUT2D eigenvalue weighted by atomic mass is 16.4. The first-order valence-electron chi connectivity index (χ1n) is 6.02. The summed E-state index contributed by atoms with van der Waals surface area (Å²) < 4.78 is 0. The smallest absolute Gasteiger partial charge is 0.320 e. The predicted molar refractivity (Wildman–Crippen MR) is 63.8 cm³/mol. The van der Waals surface area contributed by atoms with Crippen molar-refractivity contribution in [2.24, 2.45) is 11.7 Å². The summed E-state index contributed by atoms with van der Waals surface area (Å²) in [6, 6.07) is -0.846. The highest BCUT2D eigenvalue weighted by Crippen LogP contribution is 2.04. The first-order chi connectivity index (χ1) is 8.52. The van der Waals surface area contributed by atoms with Crippen LogP contribution >= 0.6 is 0 Å². The Morgan fingerprint density at radius 1 is 1.50 bits per heavy atom. The van der Waals surface area contributed by atoms with Crippen LogP contribution in [0.3, 0.4) is 0 Å². The third-order valence-corrected chi connectivity index (χ3v) is 2.91. The van der Waals surface area contributed by atoms with Gasteiger partial charge < -0.3 is 21.5 Å². The van der Waals surface area contributed by atoms with Gasteiger partial charge in [-0.1, -0.05) is 0 Å². The number of ketones is 1. The van der Waals surface area contributed by atoms with Crippen LogP contribution in [0.1, 0.15) is 19.3 Å². The van der Waals surface area contributed by atoms with Crippen LogP contribution < -0.4 is 16.4 Å². The van der Waals surface area contributed by atoms with E-state index in [4.69, 9.17) is 10.8 Å². The van der Waals surface area contributed by atoms with Crippen molar-refractivity contribution in [2.45, 2.75) is 25.3 Å². The van der Waals surface area contributed by atoms with Crippen LogP contribution in [0.25, 0.3) is 0 Å². The Bertz CT molecular complexity index is 332. The Kier molecular flexibility index (Phi) is 5.73. The van der Waals surface area contributed by atoms with Crippen molar-refractivity contribution in [1.82, 2.24) is 10.6 Å². The van der Waals surface area contributed by atoms with E-state index in [1.165, 1.54) is 0 Å². The van der Waals surface area contributed by atoms with Gasteiger partial charge in [0, 0.05) is 13.1 Å². The number of carboxylic acids is 1. The maximum Gasteiger partial charge on any atom is 0.320 e. The molecule has 1 fully saturated rings. The van der Waals surface area contributed by atoms with Crippen LogP contribution in [0.15, 0.2) is 0 Å². The third kappa shape index (κ3) is 4.42. The molecule has 1 aliphatic rings. The lowest BCUT2D eigenvalue weighted by Gasteiger charge is -2.09. The number of nitrogens with one attached hydrogen (secondary N) is 2. The summed E-state index contributed by atoms with van der Waals surface area (Å²) >= 11 is 0. The van der Waals surface area contributed by atoms with Crippen LogP contribution in [0, 0.1) is 5.92 Å². The van der Waals surface area contributed by atoms with Gasteiger partial charge in [0.2, 0.25) is 5.91 Å². The van der Waals surface area contributed by atoms with Crippen LogP contribution in [0.5, 0.6) is 0 Å². The molecule has 0 saturated carbocycles. The average molecular weight is 257 g/mol. The largest absolute Gasteiger partial charge is 0.480 e. The SMILES string of the molecule is N[C@@H](CCCCNC(=O)[C@@H]1CNCC1=O)C(=O)O. The number of rotatable bonds is 7. The van der Waals surface area contributed by atoms with Gasteiger partial charge in [0.25, 0.3) is 0 Å². The summed E-state index contributed by atoms with van der Waals surface area (Å²) in [4.78, 5) is 33.3. The van der Waals surface area contributed by atoms with Crippen molar-refractivity contribution in [3.8, 4) is 0 Å². The van der Waals surface area contributed by atoms with E-state index in [0.29, 0.717) is 32.4 Å². The van der Waals surface area contributed by atoms with Gasteiger partial charge in [0.1, 0.15) is 12.0 Å². The summed E-state index contributed by atoms with van der Waals surface area (Å²) in [6.07, 6.45) is 1.67. The molecule has 1 heterocycles. The number of carboxylic acid groups (broad SMARTS) is 1. The minimum Gasteiger partial charge on any atom is -0.480 e. The molecule has 2 atom stereocenters. The number of carbonyl (C=O) groups is 3. The number of aliphatic carboxylic acids is 1. The molecule has 1 rings (SSSR count). The molecule has 18 heavy (non-hydrogen) atoms. The number of carbonyl (C=O) groups excluding carboxylic acids is 2. The number of hydrogen-bond donors (Lipinski definition) is 4. The maximum atomic E-state index is 11.6. The van der Waals surface area contributed by atoms with Gasteiger partial charge in [-0.05, 0) is 19.3 Å². The summed E-state index contributed by atoms with van der Waals surface area (Å²) in [5.41, 5.74) is 5.34. The van der Waals surface area contributed by atoms with Crippen molar-refractivity contribution in [3.05, 3.63) is 0 Å². The highest BCUT2D eigenvalue weighted by Gasteiger charge is 2.30. The zero-order chi connectivity index (χ0) is 13.5. The van der Waals surface area contributed by atoms with Crippen molar-refractivity contribution in [2.75, 3.05) is 19.6 Å². The lowest BCUT2D eigenvalue weighted by Crippen LogP contribution is -2.36. The Balaban J connectivity index is 2.09. The van der Waals surface area contributed by atoms with Crippen LogP contribution in [-0.2, 0) is 14.4 Å². The Morgan fingerprint density at radius 2 is 2.22 bits per heavy atom. The normalized spacial score (nSPS) is 20.7. The van der Waals surface area contributed by atoms with E-state index in [9.17, 15) is 14.4 Å². The Hall–Kier alpha value is -1.47. The molecule has 1 aliphatic heterocycles. The number of nitrogens with two attached hydrogens (primary N) is 1. The number of unbranched alkanes of at least 4 members (excludes halogenated alkanes) is 1. The lowest BCUT2D eigenvalue weighted by atomic mass is 10.1. The molecule has 1 amide bonds.